The predicted octanol–water partition coefficient (Wildman–Crippen LogP) is 6.48. The number of amides is 1. The lowest BCUT2D eigenvalue weighted by Gasteiger charge is -2.25. The van der Waals surface area contributed by atoms with E-state index in [9.17, 15) is 19.1 Å². The Labute approximate surface area is 187 Å². The third kappa shape index (κ3) is 4.44. The van der Waals surface area contributed by atoms with Crippen molar-refractivity contribution in [1.29, 1.82) is 0 Å². The number of thiophene rings is 1. The van der Waals surface area contributed by atoms with Crippen molar-refractivity contribution in [3.63, 3.8) is 0 Å². The second-order valence-electron chi connectivity index (χ2n) is 5.84. The largest absolute Gasteiger partial charge is 0.342 e. The van der Waals surface area contributed by atoms with Crippen molar-refractivity contribution in [1.82, 2.24) is 0 Å². The van der Waals surface area contributed by atoms with Crippen LogP contribution in [0.4, 0.5) is 5.69 Å². The summed E-state index contributed by atoms with van der Waals surface area (Å²) in [5.41, 5.74) is -1.03. The highest BCUT2D eigenvalue weighted by Gasteiger charge is 2.41. The predicted molar refractivity (Wildman–Crippen MR) is 121 cm³/mol. The topological polar surface area (TPSA) is 77.8 Å². The summed E-state index contributed by atoms with van der Waals surface area (Å²) in [6.45, 7) is 3.64. The van der Waals surface area contributed by atoms with Gasteiger partial charge in [0.05, 0.1) is 5.69 Å². The van der Waals surface area contributed by atoms with Crippen LogP contribution in [0.1, 0.15) is 11.2 Å². The number of anilines is 1. The average Bonchev–Trinajstić information content (AvgIpc) is 2.96. The first-order valence-corrected chi connectivity index (χ1v) is 12.3. The Morgan fingerprint density at radius 3 is 2.43 bits per heavy atom. The number of rotatable bonds is 5. The van der Waals surface area contributed by atoms with Gasteiger partial charge in [0, 0.05) is 24.9 Å². The monoisotopic (exact) mass is 563 g/mol. The molecule has 28 heavy (non-hydrogen) atoms. The summed E-state index contributed by atoms with van der Waals surface area (Å²) in [5.74, 6) is -0.784. The highest BCUT2D eigenvalue weighted by Crippen LogP contribution is 2.55. The summed E-state index contributed by atoms with van der Waals surface area (Å²) < 4.78 is 14.5. The molecule has 0 bridgehead atoms. The van der Waals surface area contributed by atoms with E-state index in [0.29, 0.717) is 25.0 Å². The molecule has 1 unspecified atom stereocenters. The van der Waals surface area contributed by atoms with Gasteiger partial charge in [0.15, 0.2) is 5.66 Å². The summed E-state index contributed by atoms with van der Waals surface area (Å²) >= 11 is 14.0. The number of fused-ring (bicyclic) bond motifs is 1. The van der Waals surface area contributed by atoms with Crippen LogP contribution in [0, 0.1) is 0 Å². The zero-order valence-electron chi connectivity index (χ0n) is 14.1. The summed E-state index contributed by atoms with van der Waals surface area (Å²) in [6, 6.07) is 10.1. The molecule has 1 aromatic heterocycles. The molecule has 10 heteroatoms. The Kier molecular flexibility index (Phi) is 6.51. The van der Waals surface area contributed by atoms with E-state index in [1.54, 1.807) is 41.8 Å². The Bertz CT molecular complexity index is 1110. The average molecular weight is 566 g/mol. The van der Waals surface area contributed by atoms with Crippen LogP contribution in [0.3, 0.4) is 0 Å². The number of carbonyl (C=O) groups excluding carboxylic acids is 1. The fraction of sp³-hybridized carbons (Fsp3) is 0.0556. The van der Waals surface area contributed by atoms with Gasteiger partial charge in [0.1, 0.15) is 0 Å². The van der Waals surface area contributed by atoms with Gasteiger partial charge in [-0.1, -0.05) is 50.0 Å². The van der Waals surface area contributed by atoms with Crippen LogP contribution in [0.25, 0.3) is 10.1 Å². The zero-order valence-corrected chi connectivity index (χ0v) is 19.7. The van der Waals surface area contributed by atoms with Crippen LogP contribution < -0.4 is 4.90 Å². The molecule has 1 amide bonds. The Morgan fingerprint density at radius 1 is 1.21 bits per heavy atom. The number of hydrogen-bond donors (Lipinski definition) is 2. The second-order valence-corrected chi connectivity index (χ2v) is 10.7. The Balaban J connectivity index is 2.15. The molecule has 2 N–H and O–H groups in total. The van der Waals surface area contributed by atoms with Gasteiger partial charge in [0.25, 0.3) is 5.91 Å². The van der Waals surface area contributed by atoms with Gasteiger partial charge >= 0.3 is 7.60 Å². The lowest BCUT2D eigenvalue weighted by atomic mass is 10.1. The van der Waals surface area contributed by atoms with Crippen LogP contribution in [0.2, 0.25) is 5.02 Å². The lowest BCUT2D eigenvalue weighted by Crippen LogP contribution is -2.30. The maximum Gasteiger partial charge on any atom is 0.342 e. The third-order valence-electron chi connectivity index (χ3n) is 3.98. The van der Waals surface area contributed by atoms with Crippen molar-refractivity contribution < 1.29 is 19.1 Å². The van der Waals surface area contributed by atoms with Gasteiger partial charge in [0.2, 0.25) is 0 Å². The van der Waals surface area contributed by atoms with E-state index >= 15 is 0 Å². The first-order chi connectivity index (χ1) is 13.1. The zero-order chi connectivity index (χ0) is 20.6. The molecule has 146 valence electrons. The molecule has 3 rings (SSSR count). The molecular formula is C18H13Br2ClNO4PS. The van der Waals surface area contributed by atoms with Crippen molar-refractivity contribution in [3.05, 3.63) is 74.1 Å². The second kappa shape index (κ2) is 8.40. The first-order valence-electron chi connectivity index (χ1n) is 7.75. The number of halogens is 3. The van der Waals surface area contributed by atoms with Gasteiger partial charge in [-0.25, -0.2) is 0 Å². The summed E-state index contributed by atoms with van der Waals surface area (Å²) in [4.78, 5) is 34.5. The van der Waals surface area contributed by atoms with E-state index in [1.165, 1.54) is 17.5 Å². The minimum absolute atomic E-state index is 0.238. The molecule has 5 nitrogen and oxygen atoms in total. The van der Waals surface area contributed by atoms with Crippen LogP contribution in [-0.2, 0) is 9.36 Å². The minimum Gasteiger partial charge on any atom is -0.324 e. The number of nitrogens with zero attached hydrogens (tertiary/aromatic N) is 1. The highest BCUT2D eigenvalue weighted by molar-refractivity contribution is 9.11. The van der Waals surface area contributed by atoms with E-state index in [2.05, 4.69) is 38.4 Å². The molecule has 0 aliphatic carbocycles. The van der Waals surface area contributed by atoms with E-state index < -0.39 is 19.2 Å². The molecule has 0 saturated carbocycles. The van der Waals surface area contributed by atoms with Crippen molar-refractivity contribution in [3.8, 4) is 0 Å². The maximum atomic E-state index is 13.3. The van der Waals surface area contributed by atoms with Gasteiger partial charge < -0.3 is 9.79 Å². The van der Waals surface area contributed by atoms with Crippen molar-refractivity contribution in [2.24, 2.45) is 0 Å². The van der Waals surface area contributed by atoms with Crippen LogP contribution >= 0.6 is 62.4 Å². The van der Waals surface area contributed by atoms with Crippen LogP contribution in [0.15, 0.2) is 63.5 Å². The summed E-state index contributed by atoms with van der Waals surface area (Å²) in [5, 5.41) is 2.54. The van der Waals surface area contributed by atoms with Crippen molar-refractivity contribution in [2.45, 2.75) is 5.66 Å². The molecule has 1 atom stereocenters. The molecule has 0 aliphatic heterocycles. The minimum atomic E-state index is -4.85. The standard InChI is InChI=1S/C18H13Br2ClNO4PS/c1-2-22(13-6-10(19)5-11(20)7-13)18(23)17(27(24,25)26)15-9-28-16-4-3-12(21)8-14(15)16/h2-9,17H,1H2,(H2,24,25,26). The lowest BCUT2D eigenvalue weighted by molar-refractivity contribution is -0.118. The summed E-state index contributed by atoms with van der Waals surface area (Å²) in [6.07, 6.45) is 1.24. The smallest absolute Gasteiger partial charge is 0.324 e. The third-order valence-corrected chi connectivity index (χ3v) is 7.28. The first kappa shape index (κ1) is 21.7. The van der Waals surface area contributed by atoms with E-state index in [4.69, 9.17) is 11.6 Å². The number of carbonyl (C=O) groups is 1. The molecular weight excluding hydrogens is 553 g/mol. The molecule has 3 aromatic rings. The van der Waals surface area contributed by atoms with Gasteiger partial charge in [-0.2, -0.15) is 0 Å². The molecule has 1 heterocycles. The SMILES string of the molecule is C=CN(C(=O)C(c1csc2ccc(Cl)cc12)P(=O)(O)O)c1cc(Br)cc(Br)c1. The van der Waals surface area contributed by atoms with Gasteiger partial charge in [-0.15, -0.1) is 11.3 Å². The van der Waals surface area contributed by atoms with E-state index in [1.807, 2.05) is 0 Å². The highest BCUT2D eigenvalue weighted by atomic mass is 79.9. The normalized spacial score (nSPS) is 12.8. The van der Waals surface area contributed by atoms with E-state index in [0.717, 1.165) is 9.60 Å². The Morgan fingerprint density at radius 2 is 1.86 bits per heavy atom. The molecule has 0 fully saturated rings. The van der Waals surface area contributed by atoms with Crippen molar-refractivity contribution in [2.75, 3.05) is 4.90 Å². The molecule has 0 radical (unpaired) electrons. The molecule has 0 saturated heterocycles. The maximum absolute atomic E-state index is 13.3. The van der Waals surface area contributed by atoms with Crippen molar-refractivity contribution >= 4 is 84.1 Å². The van der Waals surface area contributed by atoms with Gasteiger partial charge in [-0.05, 0) is 52.7 Å². The number of benzene rings is 2. The molecule has 0 spiro atoms. The fourth-order valence-corrected chi connectivity index (χ4v) is 6.32. The van der Waals surface area contributed by atoms with E-state index in [-0.39, 0.29) is 5.56 Å². The number of hydrogen-bond acceptors (Lipinski definition) is 3. The quantitative estimate of drug-likeness (QED) is 0.348. The fourth-order valence-electron chi connectivity index (χ4n) is 2.82. The van der Waals surface area contributed by atoms with Gasteiger partial charge in [-0.3, -0.25) is 14.3 Å². The molecule has 2 aromatic carbocycles. The Hall–Kier alpha value is -0.990. The van der Waals surface area contributed by atoms with Crippen LogP contribution in [0.5, 0.6) is 0 Å². The van der Waals surface area contributed by atoms with Crippen LogP contribution in [-0.4, -0.2) is 15.7 Å². The molecule has 0 aliphatic rings. The summed E-state index contributed by atoms with van der Waals surface area (Å²) in [7, 11) is -4.85.